The van der Waals surface area contributed by atoms with Crippen LogP contribution >= 0.6 is 15.9 Å². The molecule has 0 amide bonds. The number of nitrogens with one attached hydrogen (secondary N) is 1. The maximum absolute atomic E-state index is 5.33. The normalized spacial score (nSPS) is 18.9. The van der Waals surface area contributed by atoms with Crippen LogP contribution in [0.1, 0.15) is 6.92 Å². The van der Waals surface area contributed by atoms with Gasteiger partial charge in [-0.05, 0) is 35.0 Å². The molecule has 1 atom stereocenters. The minimum absolute atomic E-state index is 0.384. The zero-order valence-electron chi connectivity index (χ0n) is 10.0. The monoisotopic (exact) mass is 299 g/mol. The Labute approximate surface area is 110 Å². The largest absolute Gasteiger partial charge is 0.379 e. The Balaban J connectivity index is 1.82. The third kappa shape index (κ3) is 4.26. The third-order valence-electron chi connectivity index (χ3n) is 2.75. The van der Waals surface area contributed by atoms with Crippen LogP contribution in [-0.2, 0) is 4.74 Å². The van der Waals surface area contributed by atoms with Crippen LogP contribution in [0.25, 0.3) is 0 Å². The first kappa shape index (κ1) is 12.8. The highest BCUT2D eigenvalue weighted by molar-refractivity contribution is 9.10. The van der Waals surface area contributed by atoms with E-state index in [1.54, 1.807) is 0 Å². The van der Waals surface area contributed by atoms with Crippen molar-refractivity contribution in [1.29, 1.82) is 0 Å². The molecule has 4 nitrogen and oxygen atoms in total. The standard InChI is InChI=1S/C12H18BrN3O/c1-10(9-16-5-7-17-8-6-16)14-12-4-2-3-11(13)15-12/h2-4,10H,5-9H2,1H3,(H,14,15). The van der Waals surface area contributed by atoms with Crippen molar-refractivity contribution in [2.75, 3.05) is 38.2 Å². The lowest BCUT2D eigenvalue weighted by Crippen LogP contribution is -2.42. The fourth-order valence-electron chi connectivity index (χ4n) is 1.96. The molecule has 0 saturated carbocycles. The first-order chi connectivity index (χ1) is 8.24. The Morgan fingerprint density at radius 2 is 2.24 bits per heavy atom. The number of morpholine rings is 1. The Morgan fingerprint density at radius 3 is 2.94 bits per heavy atom. The van der Waals surface area contributed by atoms with Crippen LogP contribution < -0.4 is 5.32 Å². The summed E-state index contributed by atoms with van der Waals surface area (Å²) in [6.07, 6.45) is 0. The lowest BCUT2D eigenvalue weighted by Gasteiger charge is -2.29. The van der Waals surface area contributed by atoms with Gasteiger partial charge in [-0.3, -0.25) is 4.90 Å². The zero-order chi connectivity index (χ0) is 12.1. The summed E-state index contributed by atoms with van der Waals surface area (Å²) in [5.74, 6) is 0.917. The molecular weight excluding hydrogens is 282 g/mol. The Hall–Kier alpha value is -0.650. The Bertz CT molecular complexity index is 355. The lowest BCUT2D eigenvalue weighted by molar-refractivity contribution is 0.0368. The van der Waals surface area contributed by atoms with Gasteiger partial charge in [0.05, 0.1) is 13.2 Å². The van der Waals surface area contributed by atoms with Gasteiger partial charge in [-0.2, -0.15) is 0 Å². The molecule has 1 N–H and O–H groups in total. The third-order valence-corrected chi connectivity index (χ3v) is 3.19. The number of hydrogen-bond acceptors (Lipinski definition) is 4. The van der Waals surface area contributed by atoms with E-state index in [1.807, 2.05) is 18.2 Å². The quantitative estimate of drug-likeness (QED) is 0.863. The van der Waals surface area contributed by atoms with Gasteiger partial charge in [-0.25, -0.2) is 4.98 Å². The number of hydrogen-bond donors (Lipinski definition) is 1. The molecule has 1 aliphatic rings. The molecule has 5 heteroatoms. The Morgan fingerprint density at radius 1 is 1.47 bits per heavy atom. The van der Waals surface area contributed by atoms with Crippen LogP contribution in [0.5, 0.6) is 0 Å². The van der Waals surface area contributed by atoms with Crippen molar-refractivity contribution in [3.8, 4) is 0 Å². The maximum Gasteiger partial charge on any atom is 0.127 e. The molecule has 17 heavy (non-hydrogen) atoms. The molecular formula is C12H18BrN3O. The summed E-state index contributed by atoms with van der Waals surface area (Å²) in [7, 11) is 0. The van der Waals surface area contributed by atoms with Crippen LogP contribution in [0.4, 0.5) is 5.82 Å². The van der Waals surface area contributed by atoms with Crippen molar-refractivity contribution in [3.63, 3.8) is 0 Å². The molecule has 1 aromatic rings. The van der Waals surface area contributed by atoms with Gasteiger partial charge in [0.1, 0.15) is 10.4 Å². The fraction of sp³-hybridized carbons (Fsp3) is 0.583. The number of ether oxygens (including phenoxy) is 1. The molecule has 2 heterocycles. The van der Waals surface area contributed by atoms with Crippen molar-refractivity contribution < 1.29 is 4.74 Å². The Kier molecular flexibility index (Phi) is 4.76. The molecule has 0 aliphatic carbocycles. The molecule has 0 radical (unpaired) electrons. The fourth-order valence-corrected chi connectivity index (χ4v) is 2.30. The van der Waals surface area contributed by atoms with Gasteiger partial charge in [0.25, 0.3) is 0 Å². The second kappa shape index (κ2) is 6.33. The van der Waals surface area contributed by atoms with E-state index in [2.05, 4.69) is 38.1 Å². The van der Waals surface area contributed by atoms with E-state index >= 15 is 0 Å². The second-order valence-electron chi connectivity index (χ2n) is 4.30. The molecule has 1 aromatic heterocycles. The summed E-state index contributed by atoms with van der Waals surface area (Å²) in [6, 6.07) is 6.29. The van der Waals surface area contributed by atoms with Gasteiger partial charge < -0.3 is 10.1 Å². The summed E-state index contributed by atoms with van der Waals surface area (Å²) in [5, 5.41) is 3.41. The van der Waals surface area contributed by atoms with Crippen LogP contribution in [0.15, 0.2) is 22.8 Å². The molecule has 0 aromatic carbocycles. The van der Waals surface area contributed by atoms with E-state index < -0.39 is 0 Å². The zero-order valence-corrected chi connectivity index (χ0v) is 11.6. The van der Waals surface area contributed by atoms with E-state index in [0.717, 1.165) is 43.3 Å². The smallest absolute Gasteiger partial charge is 0.127 e. The molecule has 1 saturated heterocycles. The van der Waals surface area contributed by atoms with Gasteiger partial charge in [0, 0.05) is 25.7 Å². The van der Waals surface area contributed by atoms with Crippen LogP contribution in [-0.4, -0.2) is 48.8 Å². The molecule has 1 unspecified atom stereocenters. The molecule has 1 fully saturated rings. The first-order valence-corrected chi connectivity index (χ1v) is 6.72. The van der Waals surface area contributed by atoms with Crippen LogP contribution in [0.2, 0.25) is 0 Å². The summed E-state index contributed by atoms with van der Waals surface area (Å²) in [5.41, 5.74) is 0. The average Bonchev–Trinajstić information content (AvgIpc) is 2.30. The van der Waals surface area contributed by atoms with Crippen molar-refractivity contribution in [1.82, 2.24) is 9.88 Å². The van der Waals surface area contributed by atoms with Crippen LogP contribution in [0.3, 0.4) is 0 Å². The van der Waals surface area contributed by atoms with E-state index in [0.29, 0.717) is 6.04 Å². The summed E-state index contributed by atoms with van der Waals surface area (Å²) in [4.78, 5) is 6.78. The highest BCUT2D eigenvalue weighted by Gasteiger charge is 2.13. The predicted molar refractivity (Wildman–Crippen MR) is 72.3 cm³/mol. The number of pyridine rings is 1. The number of aromatic nitrogens is 1. The van der Waals surface area contributed by atoms with Gasteiger partial charge >= 0.3 is 0 Å². The summed E-state index contributed by atoms with van der Waals surface area (Å²) < 4.78 is 6.20. The average molecular weight is 300 g/mol. The summed E-state index contributed by atoms with van der Waals surface area (Å²) in [6.45, 7) is 6.95. The number of nitrogens with zero attached hydrogens (tertiary/aromatic N) is 2. The van der Waals surface area contributed by atoms with Crippen molar-refractivity contribution >= 4 is 21.7 Å². The molecule has 0 bridgehead atoms. The number of halogens is 1. The molecule has 1 aliphatic heterocycles. The highest BCUT2D eigenvalue weighted by atomic mass is 79.9. The topological polar surface area (TPSA) is 37.4 Å². The van der Waals surface area contributed by atoms with E-state index in [4.69, 9.17) is 4.74 Å². The minimum Gasteiger partial charge on any atom is -0.379 e. The van der Waals surface area contributed by atoms with E-state index in [-0.39, 0.29) is 0 Å². The van der Waals surface area contributed by atoms with Crippen LogP contribution in [0, 0.1) is 0 Å². The van der Waals surface area contributed by atoms with Gasteiger partial charge in [-0.1, -0.05) is 6.07 Å². The van der Waals surface area contributed by atoms with E-state index in [1.165, 1.54) is 0 Å². The number of rotatable bonds is 4. The molecule has 94 valence electrons. The van der Waals surface area contributed by atoms with Crippen molar-refractivity contribution in [3.05, 3.63) is 22.8 Å². The molecule has 0 spiro atoms. The number of anilines is 1. The summed E-state index contributed by atoms with van der Waals surface area (Å²) >= 11 is 3.37. The van der Waals surface area contributed by atoms with Gasteiger partial charge in [0.2, 0.25) is 0 Å². The SMILES string of the molecule is CC(CN1CCOCC1)Nc1cccc(Br)n1. The minimum atomic E-state index is 0.384. The van der Waals surface area contributed by atoms with Gasteiger partial charge in [0.15, 0.2) is 0 Å². The molecule has 2 rings (SSSR count). The maximum atomic E-state index is 5.33. The highest BCUT2D eigenvalue weighted by Crippen LogP contribution is 2.11. The second-order valence-corrected chi connectivity index (χ2v) is 5.12. The van der Waals surface area contributed by atoms with E-state index in [9.17, 15) is 0 Å². The lowest BCUT2D eigenvalue weighted by atomic mass is 10.3. The van der Waals surface area contributed by atoms with Crippen molar-refractivity contribution in [2.45, 2.75) is 13.0 Å². The predicted octanol–water partition coefficient (Wildman–Crippen LogP) is 1.98. The first-order valence-electron chi connectivity index (χ1n) is 5.93. The van der Waals surface area contributed by atoms with Crippen molar-refractivity contribution in [2.24, 2.45) is 0 Å². The van der Waals surface area contributed by atoms with Gasteiger partial charge in [-0.15, -0.1) is 0 Å².